The van der Waals surface area contributed by atoms with Gasteiger partial charge in [-0.25, -0.2) is 11.6 Å². The van der Waals surface area contributed by atoms with Gasteiger partial charge in [0.15, 0.2) is 0 Å². The summed E-state index contributed by atoms with van der Waals surface area (Å²) in [6.07, 6.45) is 11.1. The second-order valence-corrected chi connectivity index (χ2v) is 2.81. The molecule has 0 unspecified atom stereocenters. The molecule has 1 N–H and O–H groups in total. The maximum atomic E-state index is 3.19. The van der Waals surface area contributed by atoms with Gasteiger partial charge in [0.2, 0.25) is 0 Å². The van der Waals surface area contributed by atoms with Crippen LogP contribution in [0.3, 0.4) is 0 Å². The molecule has 0 aliphatic heterocycles. The summed E-state index contributed by atoms with van der Waals surface area (Å²) in [5.74, 6) is 0. The van der Waals surface area contributed by atoms with Gasteiger partial charge in [0, 0.05) is 0 Å². The molecule has 0 saturated heterocycles. The van der Waals surface area contributed by atoms with Crippen LogP contribution in [0.5, 0.6) is 0 Å². The largest absolute Gasteiger partial charge is 6.00 e. The van der Waals surface area contributed by atoms with E-state index in [-0.39, 0.29) is 49.2 Å². The Hall–Kier alpha value is -0.617. The number of allylic oxidation sites excluding steroid dienone is 4. The van der Waals surface area contributed by atoms with Crippen molar-refractivity contribution in [1.82, 2.24) is 4.98 Å². The van der Waals surface area contributed by atoms with Crippen molar-refractivity contribution in [3.63, 3.8) is 0 Å². The molecule has 1 aromatic rings. The fourth-order valence-electron chi connectivity index (χ4n) is 0.985. The summed E-state index contributed by atoms with van der Waals surface area (Å²) in [6, 6.07) is 3.71. The summed E-state index contributed by atoms with van der Waals surface area (Å²) >= 11 is 0. The fraction of sp³-hybridized carbons (Fsp3) is 0.200. The van der Waals surface area contributed by atoms with Crippen LogP contribution in [0.2, 0.25) is 0 Å². The Balaban J connectivity index is -0.0000000447. The maximum Gasteiger partial charge on any atom is 6.00 e. The Morgan fingerprint density at radius 2 is 1.71 bits per heavy atom. The molecule has 1 heterocycles. The normalized spacial score (nSPS) is 10.2. The topological polar surface area (TPSA) is 15.8 Å². The molecule has 0 fully saturated rings. The molecule has 0 saturated carbocycles. The van der Waals surface area contributed by atoms with Crippen LogP contribution < -0.4 is 0 Å². The summed E-state index contributed by atoms with van der Waals surface area (Å²) in [5.41, 5.74) is 2.65. The van der Waals surface area contributed by atoms with Crippen molar-refractivity contribution in [2.24, 2.45) is 0 Å². The number of hydrogen-bond donors (Lipinski definition) is 1. The molecular formula is C15H25NRu. The Kier molecular flexibility index (Phi) is 31.3. The minimum atomic E-state index is 0. The molecule has 17 heavy (non-hydrogen) atoms. The van der Waals surface area contributed by atoms with E-state index in [2.05, 4.69) is 37.2 Å². The minimum Gasteiger partial charge on any atom is -0.484 e. The Bertz CT molecular complexity index is 254. The third-order valence-electron chi connectivity index (χ3n) is 1.57. The fourth-order valence-corrected chi connectivity index (χ4v) is 0.985. The number of H-pyrrole nitrogens is 1. The first-order valence-corrected chi connectivity index (χ1v) is 4.04. The van der Waals surface area contributed by atoms with Crippen LogP contribution >= 0.6 is 0 Å². The van der Waals surface area contributed by atoms with Crippen molar-refractivity contribution in [2.45, 2.75) is 20.3 Å². The third kappa shape index (κ3) is 15.4. The van der Waals surface area contributed by atoms with E-state index in [0.717, 1.165) is 6.42 Å². The zero-order valence-corrected chi connectivity index (χ0v) is 13.6. The van der Waals surface area contributed by atoms with E-state index in [4.69, 9.17) is 0 Å². The van der Waals surface area contributed by atoms with Gasteiger partial charge in [-0.1, -0.05) is 20.3 Å². The molecule has 1 aliphatic rings. The van der Waals surface area contributed by atoms with E-state index in [9.17, 15) is 0 Å². The van der Waals surface area contributed by atoms with Gasteiger partial charge in [0.25, 0.3) is 0 Å². The number of rotatable bonds is 0. The van der Waals surface area contributed by atoms with Crippen LogP contribution in [0, 0.1) is 42.0 Å². The minimum absolute atomic E-state index is 0. The van der Waals surface area contributed by atoms with Gasteiger partial charge in [-0.3, -0.25) is 6.08 Å². The summed E-state index contributed by atoms with van der Waals surface area (Å²) in [4.78, 5) is 2.74. The number of aromatic amines is 1. The SMILES string of the molecule is CC1=[C-]C(C)=CC1.[CH3-].[CH3-].[CH3-].[CH3-].[Ru+6].[c-]1ccc[nH]1. The number of nitrogens with one attached hydrogen (secondary N) is 1. The van der Waals surface area contributed by atoms with Crippen LogP contribution in [0.25, 0.3) is 0 Å². The van der Waals surface area contributed by atoms with Gasteiger partial charge >= 0.3 is 19.5 Å². The van der Waals surface area contributed by atoms with Crippen molar-refractivity contribution >= 4 is 0 Å². The standard InChI is InChI=1S/C7H9.C4H4N.4CH3.Ru/c1-6-3-4-7(2)5-6;1-2-4-5-3-1;;;;;/h3H,4H2,1-2H3;1-3,5H;4*1H3;/q6*-1;+6. The molecule has 0 aromatic carbocycles. The van der Waals surface area contributed by atoms with E-state index >= 15 is 0 Å². The van der Waals surface area contributed by atoms with Crippen LogP contribution in [0.15, 0.2) is 35.6 Å². The molecule has 2 heteroatoms. The molecule has 0 amide bonds. The molecule has 0 bridgehead atoms. The first kappa shape index (κ1) is 29.9. The number of hydrogen-bond acceptors (Lipinski definition) is 0. The molecule has 0 radical (unpaired) electrons. The zero-order valence-electron chi connectivity index (χ0n) is 11.9. The van der Waals surface area contributed by atoms with Crippen molar-refractivity contribution in [2.75, 3.05) is 0 Å². The zero-order chi connectivity index (χ0) is 8.81. The molecule has 0 atom stereocenters. The van der Waals surface area contributed by atoms with E-state index in [1.807, 2.05) is 18.3 Å². The monoisotopic (exact) mass is 321 g/mol. The van der Waals surface area contributed by atoms with Gasteiger partial charge in [-0.15, -0.1) is 6.20 Å². The second kappa shape index (κ2) is 17.8. The summed E-state index contributed by atoms with van der Waals surface area (Å²) < 4.78 is 0. The van der Waals surface area contributed by atoms with Crippen molar-refractivity contribution < 1.29 is 19.5 Å². The molecule has 1 aliphatic carbocycles. The van der Waals surface area contributed by atoms with Crippen LogP contribution in [-0.4, -0.2) is 4.98 Å². The smallest absolute Gasteiger partial charge is 0.484 e. The third-order valence-corrected chi connectivity index (χ3v) is 1.57. The van der Waals surface area contributed by atoms with Gasteiger partial charge in [0.1, 0.15) is 0 Å². The van der Waals surface area contributed by atoms with Gasteiger partial charge < -0.3 is 34.7 Å². The van der Waals surface area contributed by atoms with Gasteiger partial charge in [0.05, 0.1) is 0 Å². The Labute approximate surface area is 122 Å². The average Bonchev–Trinajstić information content (AvgIpc) is 2.63. The van der Waals surface area contributed by atoms with Crippen molar-refractivity contribution in [3.05, 3.63) is 77.5 Å². The van der Waals surface area contributed by atoms with Crippen molar-refractivity contribution in [3.8, 4) is 0 Å². The molecular weight excluding hydrogens is 295 g/mol. The van der Waals surface area contributed by atoms with Crippen LogP contribution in [0.1, 0.15) is 20.3 Å². The predicted molar refractivity (Wildman–Crippen MR) is 76.1 cm³/mol. The average molecular weight is 320 g/mol. The summed E-state index contributed by atoms with van der Waals surface area (Å²) in [7, 11) is 0. The van der Waals surface area contributed by atoms with Crippen LogP contribution in [0.4, 0.5) is 0 Å². The summed E-state index contributed by atoms with van der Waals surface area (Å²) in [6.45, 7) is 4.18. The molecule has 1 aromatic heterocycles. The van der Waals surface area contributed by atoms with E-state index in [0.29, 0.717) is 0 Å². The first-order valence-electron chi connectivity index (χ1n) is 4.04. The van der Waals surface area contributed by atoms with Crippen molar-refractivity contribution in [1.29, 1.82) is 0 Å². The van der Waals surface area contributed by atoms with Crippen LogP contribution in [-0.2, 0) is 19.5 Å². The maximum absolute atomic E-state index is 3.19. The molecule has 1 nitrogen and oxygen atoms in total. The van der Waals surface area contributed by atoms with Gasteiger partial charge in [-0.2, -0.15) is 23.9 Å². The van der Waals surface area contributed by atoms with E-state index in [1.54, 1.807) is 0 Å². The van der Waals surface area contributed by atoms with E-state index in [1.165, 1.54) is 11.1 Å². The molecule has 2 rings (SSSR count). The first-order chi connectivity index (χ1) is 5.79. The Morgan fingerprint density at radius 3 is 1.82 bits per heavy atom. The predicted octanol–water partition coefficient (Wildman–Crippen LogP) is 4.70. The number of aromatic nitrogens is 1. The molecule has 98 valence electrons. The summed E-state index contributed by atoms with van der Waals surface area (Å²) in [5, 5.41) is 0. The molecule has 0 spiro atoms. The van der Waals surface area contributed by atoms with E-state index < -0.39 is 0 Å². The quantitative estimate of drug-likeness (QED) is 0.527. The second-order valence-electron chi connectivity index (χ2n) is 2.81. The van der Waals surface area contributed by atoms with Gasteiger partial charge in [-0.05, 0) is 0 Å². The Morgan fingerprint density at radius 1 is 1.12 bits per heavy atom.